The summed E-state index contributed by atoms with van der Waals surface area (Å²) >= 11 is 0. The molecule has 0 fully saturated rings. The molecule has 1 aliphatic rings. The Morgan fingerprint density at radius 3 is 2.80 bits per heavy atom. The third kappa shape index (κ3) is 4.20. The standard InChI is InChI=1S/C21H28N2O2/c1-15(16-9-11-19(25-2)12-10-16)23-21-18(6-4-14-24)8-7-17-5-3-13-22-20(17)21/h3,5,9-13,15,18,21,23-24H,4,6-8,14H2,1-2H3/t15-,18-,21-/m0/s1. The molecule has 0 amide bonds. The average Bonchev–Trinajstić information content (AvgIpc) is 2.67. The van der Waals surface area contributed by atoms with E-state index in [9.17, 15) is 5.11 Å². The Balaban J connectivity index is 1.80. The molecule has 1 aliphatic carbocycles. The predicted octanol–water partition coefficient (Wildman–Crippen LogP) is 3.82. The molecule has 4 heteroatoms. The molecule has 0 radical (unpaired) electrons. The van der Waals surface area contributed by atoms with Crippen LogP contribution in [0.5, 0.6) is 5.75 Å². The second-order valence-electron chi connectivity index (χ2n) is 6.85. The molecule has 25 heavy (non-hydrogen) atoms. The van der Waals surface area contributed by atoms with Gasteiger partial charge in [-0.3, -0.25) is 4.98 Å². The van der Waals surface area contributed by atoms with E-state index in [1.807, 2.05) is 24.4 Å². The van der Waals surface area contributed by atoms with E-state index in [1.54, 1.807) is 7.11 Å². The summed E-state index contributed by atoms with van der Waals surface area (Å²) in [6.07, 6.45) is 5.99. The third-order valence-corrected chi connectivity index (χ3v) is 5.25. The molecule has 0 aliphatic heterocycles. The van der Waals surface area contributed by atoms with E-state index in [-0.39, 0.29) is 18.7 Å². The van der Waals surface area contributed by atoms with E-state index in [0.717, 1.165) is 31.4 Å². The molecule has 0 spiro atoms. The lowest BCUT2D eigenvalue weighted by Gasteiger charge is -2.35. The van der Waals surface area contributed by atoms with Crippen molar-refractivity contribution in [1.29, 1.82) is 0 Å². The van der Waals surface area contributed by atoms with E-state index in [1.165, 1.54) is 16.8 Å². The zero-order valence-corrected chi connectivity index (χ0v) is 15.1. The highest BCUT2D eigenvalue weighted by atomic mass is 16.5. The number of methoxy groups -OCH3 is 1. The van der Waals surface area contributed by atoms with Crippen molar-refractivity contribution in [1.82, 2.24) is 10.3 Å². The lowest BCUT2D eigenvalue weighted by atomic mass is 9.79. The number of ether oxygens (including phenoxy) is 1. The summed E-state index contributed by atoms with van der Waals surface area (Å²) in [4.78, 5) is 4.69. The zero-order chi connectivity index (χ0) is 17.6. The number of fused-ring (bicyclic) bond motifs is 1. The van der Waals surface area contributed by atoms with E-state index in [0.29, 0.717) is 5.92 Å². The largest absolute Gasteiger partial charge is 0.497 e. The highest BCUT2D eigenvalue weighted by molar-refractivity contribution is 5.30. The smallest absolute Gasteiger partial charge is 0.118 e. The molecule has 0 unspecified atom stereocenters. The van der Waals surface area contributed by atoms with Crippen molar-refractivity contribution >= 4 is 0 Å². The fraction of sp³-hybridized carbons (Fsp3) is 0.476. The number of hydrogen-bond acceptors (Lipinski definition) is 4. The van der Waals surface area contributed by atoms with Gasteiger partial charge in [0.05, 0.1) is 18.8 Å². The number of aliphatic hydroxyl groups excluding tert-OH is 1. The number of aryl methyl sites for hydroxylation is 1. The summed E-state index contributed by atoms with van der Waals surface area (Å²) in [6.45, 7) is 2.45. The van der Waals surface area contributed by atoms with Crippen LogP contribution in [0, 0.1) is 5.92 Å². The van der Waals surface area contributed by atoms with Crippen LogP contribution in [0.2, 0.25) is 0 Å². The molecule has 1 heterocycles. The molecule has 3 atom stereocenters. The van der Waals surface area contributed by atoms with E-state index in [4.69, 9.17) is 4.74 Å². The number of rotatable bonds is 7. The van der Waals surface area contributed by atoms with Gasteiger partial charge >= 0.3 is 0 Å². The molecule has 3 rings (SSSR count). The van der Waals surface area contributed by atoms with Crippen molar-refractivity contribution < 1.29 is 9.84 Å². The Morgan fingerprint density at radius 2 is 2.08 bits per heavy atom. The van der Waals surface area contributed by atoms with Gasteiger partial charge in [-0.2, -0.15) is 0 Å². The number of pyridine rings is 1. The summed E-state index contributed by atoms with van der Waals surface area (Å²) < 4.78 is 5.25. The maximum absolute atomic E-state index is 9.24. The van der Waals surface area contributed by atoms with Crippen LogP contribution in [0.25, 0.3) is 0 Å². The molecule has 0 bridgehead atoms. The summed E-state index contributed by atoms with van der Waals surface area (Å²) in [5.74, 6) is 1.39. The highest BCUT2D eigenvalue weighted by Gasteiger charge is 2.31. The molecule has 134 valence electrons. The van der Waals surface area contributed by atoms with E-state index >= 15 is 0 Å². The molecule has 2 N–H and O–H groups in total. The first-order chi connectivity index (χ1) is 12.2. The van der Waals surface area contributed by atoms with Crippen LogP contribution in [0.15, 0.2) is 42.6 Å². The van der Waals surface area contributed by atoms with Gasteiger partial charge in [0.2, 0.25) is 0 Å². The van der Waals surface area contributed by atoms with Crippen LogP contribution in [0.4, 0.5) is 0 Å². The monoisotopic (exact) mass is 340 g/mol. The molecular weight excluding hydrogens is 312 g/mol. The van der Waals surface area contributed by atoms with Crippen LogP contribution in [0.3, 0.4) is 0 Å². The maximum atomic E-state index is 9.24. The second-order valence-corrected chi connectivity index (χ2v) is 6.85. The number of nitrogens with zero attached hydrogens (tertiary/aromatic N) is 1. The van der Waals surface area contributed by atoms with Gasteiger partial charge in [-0.05, 0) is 67.9 Å². The summed E-state index contributed by atoms with van der Waals surface area (Å²) in [5, 5.41) is 13.0. The first-order valence-electron chi connectivity index (χ1n) is 9.17. The van der Waals surface area contributed by atoms with E-state index in [2.05, 4.69) is 35.4 Å². The van der Waals surface area contributed by atoms with Gasteiger partial charge in [0.15, 0.2) is 0 Å². The van der Waals surface area contributed by atoms with Crippen LogP contribution in [-0.2, 0) is 6.42 Å². The quantitative estimate of drug-likeness (QED) is 0.804. The lowest BCUT2D eigenvalue weighted by molar-refractivity contribution is 0.232. The first kappa shape index (κ1) is 17.9. The Kier molecular flexibility index (Phi) is 6.05. The number of aliphatic hydroxyl groups is 1. The molecule has 2 aromatic rings. The number of nitrogens with one attached hydrogen (secondary N) is 1. The van der Waals surface area contributed by atoms with Crippen LogP contribution < -0.4 is 10.1 Å². The highest BCUT2D eigenvalue weighted by Crippen LogP contribution is 2.37. The van der Waals surface area contributed by atoms with Crippen molar-refractivity contribution in [2.45, 2.75) is 44.7 Å². The van der Waals surface area contributed by atoms with Crippen LogP contribution >= 0.6 is 0 Å². The van der Waals surface area contributed by atoms with Crippen molar-refractivity contribution in [3.8, 4) is 5.75 Å². The Hall–Kier alpha value is -1.91. The first-order valence-corrected chi connectivity index (χ1v) is 9.17. The molecular formula is C21H28N2O2. The minimum atomic E-state index is 0.223. The summed E-state index contributed by atoms with van der Waals surface area (Å²) in [7, 11) is 1.69. The zero-order valence-electron chi connectivity index (χ0n) is 15.1. The molecule has 0 saturated heterocycles. The maximum Gasteiger partial charge on any atom is 0.118 e. The van der Waals surface area contributed by atoms with Crippen LogP contribution in [-0.4, -0.2) is 23.8 Å². The predicted molar refractivity (Wildman–Crippen MR) is 99.7 cm³/mol. The van der Waals surface area contributed by atoms with Crippen molar-refractivity contribution in [2.75, 3.05) is 13.7 Å². The Labute approximate surface area is 150 Å². The Morgan fingerprint density at radius 1 is 1.28 bits per heavy atom. The number of benzene rings is 1. The second kappa shape index (κ2) is 8.45. The average molecular weight is 340 g/mol. The third-order valence-electron chi connectivity index (χ3n) is 5.25. The van der Waals surface area contributed by atoms with Gasteiger partial charge < -0.3 is 15.2 Å². The summed E-state index contributed by atoms with van der Waals surface area (Å²) in [6, 6.07) is 12.9. The fourth-order valence-electron chi connectivity index (χ4n) is 3.81. The molecule has 1 aromatic heterocycles. The van der Waals surface area contributed by atoms with Crippen molar-refractivity contribution in [2.24, 2.45) is 5.92 Å². The van der Waals surface area contributed by atoms with Crippen molar-refractivity contribution in [3.63, 3.8) is 0 Å². The molecule has 0 saturated carbocycles. The SMILES string of the molecule is COc1ccc([C@H](C)N[C@@H]2c3ncccc3CC[C@@H]2CCCO)cc1. The van der Waals surface area contributed by atoms with Gasteiger partial charge in [-0.25, -0.2) is 0 Å². The van der Waals surface area contributed by atoms with Gasteiger partial charge in [0.1, 0.15) is 5.75 Å². The molecule has 1 aromatic carbocycles. The van der Waals surface area contributed by atoms with E-state index < -0.39 is 0 Å². The number of aromatic nitrogens is 1. The summed E-state index contributed by atoms with van der Waals surface area (Å²) in [5.41, 5.74) is 3.77. The van der Waals surface area contributed by atoms with Gasteiger partial charge in [0, 0.05) is 18.8 Å². The van der Waals surface area contributed by atoms with Crippen molar-refractivity contribution in [3.05, 3.63) is 59.4 Å². The van der Waals surface area contributed by atoms with Gasteiger partial charge in [0.25, 0.3) is 0 Å². The van der Waals surface area contributed by atoms with Gasteiger partial charge in [-0.15, -0.1) is 0 Å². The minimum Gasteiger partial charge on any atom is -0.497 e. The number of hydrogen-bond donors (Lipinski definition) is 2. The molecule has 4 nitrogen and oxygen atoms in total. The Bertz CT molecular complexity index is 672. The van der Waals surface area contributed by atoms with Gasteiger partial charge in [-0.1, -0.05) is 18.2 Å². The minimum absolute atomic E-state index is 0.223. The normalized spacial score (nSPS) is 20.8. The topological polar surface area (TPSA) is 54.4 Å². The van der Waals surface area contributed by atoms with Crippen LogP contribution in [0.1, 0.15) is 55.1 Å². The fourth-order valence-corrected chi connectivity index (χ4v) is 3.81. The lowest BCUT2D eigenvalue weighted by Crippen LogP contribution is -2.35.